The highest BCUT2D eigenvalue weighted by molar-refractivity contribution is 5.49. The second kappa shape index (κ2) is 6.06. The van der Waals surface area contributed by atoms with Crippen LogP contribution in [0, 0.1) is 22.7 Å². The fraction of sp³-hybridized carbons (Fsp3) is 0.500. The van der Waals surface area contributed by atoms with Gasteiger partial charge in [-0.3, -0.25) is 0 Å². The van der Waals surface area contributed by atoms with Crippen LogP contribution in [0.15, 0.2) is 71.4 Å². The maximum Gasteiger partial charge on any atom is 0.00847 e. The van der Waals surface area contributed by atoms with Gasteiger partial charge in [-0.25, -0.2) is 0 Å². The Bertz CT molecular complexity index is 694. The molecular weight excluding hydrogens is 288 g/mol. The molecule has 128 valence electrons. The van der Waals surface area contributed by atoms with Gasteiger partial charge in [-0.2, -0.15) is 0 Å². The van der Waals surface area contributed by atoms with Crippen LogP contribution < -0.4 is 0 Å². The number of hydrogen-bond donors (Lipinski definition) is 0. The lowest BCUT2D eigenvalue weighted by atomic mass is 9.69. The summed E-state index contributed by atoms with van der Waals surface area (Å²) in [6, 6.07) is 0. The van der Waals surface area contributed by atoms with Crippen molar-refractivity contribution in [2.75, 3.05) is 0 Å². The van der Waals surface area contributed by atoms with Crippen molar-refractivity contribution in [3.05, 3.63) is 71.4 Å². The Morgan fingerprint density at radius 3 is 2.75 bits per heavy atom. The molecule has 3 aliphatic rings. The second-order valence-corrected chi connectivity index (χ2v) is 8.18. The van der Waals surface area contributed by atoms with E-state index in [0.29, 0.717) is 11.8 Å². The van der Waals surface area contributed by atoms with Gasteiger partial charge in [-0.15, -0.1) is 0 Å². The van der Waals surface area contributed by atoms with Crippen LogP contribution >= 0.6 is 0 Å². The first-order chi connectivity index (χ1) is 11.4. The quantitative estimate of drug-likeness (QED) is 0.492. The van der Waals surface area contributed by atoms with E-state index in [1.54, 1.807) is 0 Å². The van der Waals surface area contributed by atoms with Gasteiger partial charge in [0.2, 0.25) is 0 Å². The van der Waals surface area contributed by atoms with Gasteiger partial charge in [0, 0.05) is 10.8 Å². The molecule has 0 amide bonds. The molecule has 3 rings (SSSR count). The van der Waals surface area contributed by atoms with Crippen molar-refractivity contribution < 1.29 is 0 Å². The normalized spacial score (nSPS) is 38.1. The fourth-order valence-electron chi connectivity index (χ4n) is 5.66. The molecule has 3 aliphatic carbocycles. The standard InChI is InChI=1S/C24H32/c1-7-8-13-24(22-12-10-9-11-21(22)17(2)3)20(6)23(24)15-18(4)14-19(5)16-23/h8-11,13-15,20,22H,2,7,12,16H2,1,3-6H3. The van der Waals surface area contributed by atoms with E-state index in [-0.39, 0.29) is 10.8 Å². The van der Waals surface area contributed by atoms with Crippen molar-refractivity contribution in [1.29, 1.82) is 0 Å². The molecule has 0 aromatic heterocycles. The summed E-state index contributed by atoms with van der Waals surface area (Å²) in [6.45, 7) is 15.7. The van der Waals surface area contributed by atoms with Crippen molar-refractivity contribution in [2.24, 2.45) is 22.7 Å². The highest BCUT2D eigenvalue weighted by Crippen LogP contribution is 2.79. The van der Waals surface area contributed by atoms with Crippen LogP contribution in [-0.2, 0) is 0 Å². The Labute approximate surface area is 148 Å². The summed E-state index contributed by atoms with van der Waals surface area (Å²) in [5, 5.41) is 0. The third-order valence-electron chi connectivity index (χ3n) is 6.60. The number of allylic oxidation sites excluding steroid dienone is 11. The summed E-state index contributed by atoms with van der Waals surface area (Å²) in [4.78, 5) is 0. The van der Waals surface area contributed by atoms with Gasteiger partial charge < -0.3 is 0 Å². The third kappa shape index (κ3) is 2.34. The molecule has 4 atom stereocenters. The van der Waals surface area contributed by atoms with E-state index in [1.165, 1.54) is 28.7 Å². The van der Waals surface area contributed by atoms with Crippen LogP contribution in [0.1, 0.15) is 53.9 Å². The molecule has 0 bridgehead atoms. The van der Waals surface area contributed by atoms with Gasteiger partial charge in [-0.1, -0.05) is 79.7 Å². The van der Waals surface area contributed by atoms with Crippen molar-refractivity contribution >= 4 is 0 Å². The van der Waals surface area contributed by atoms with E-state index in [4.69, 9.17) is 0 Å². The summed E-state index contributed by atoms with van der Waals surface area (Å²) in [5.41, 5.74) is 6.17. The zero-order chi connectivity index (χ0) is 17.5. The van der Waals surface area contributed by atoms with Crippen LogP contribution in [0.2, 0.25) is 0 Å². The molecule has 24 heavy (non-hydrogen) atoms. The molecule has 0 heteroatoms. The molecule has 0 aliphatic heterocycles. The first kappa shape index (κ1) is 17.3. The molecule has 1 saturated carbocycles. The Morgan fingerprint density at radius 2 is 2.12 bits per heavy atom. The van der Waals surface area contributed by atoms with Gasteiger partial charge >= 0.3 is 0 Å². The maximum absolute atomic E-state index is 4.29. The molecule has 0 radical (unpaired) electrons. The molecule has 1 fully saturated rings. The minimum absolute atomic E-state index is 0.231. The first-order valence-corrected chi connectivity index (χ1v) is 9.46. The molecule has 0 N–H and O–H groups in total. The molecule has 4 unspecified atom stereocenters. The maximum atomic E-state index is 4.29. The minimum Gasteiger partial charge on any atom is -0.0958 e. The minimum atomic E-state index is 0.231. The predicted octanol–water partition coefficient (Wildman–Crippen LogP) is 6.95. The van der Waals surface area contributed by atoms with Gasteiger partial charge in [0.05, 0.1) is 0 Å². The van der Waals surface area contributed by atoms with E-state index in [0.717, 1.165) is 12.8 Å². The Kier molecular flexibility index (Phi) is 4.36. The lowest BCUT2D eigenvalue weighted by Crippen LogP contribution is -2.26. The SMILES string of the molecule is C=C(C)C1=CC=CCC1C1(C=CCC)C(C)C12C=C(C)C=C(C)C2. The zero-order valence-corrected chi connectivity index (χ0v) is 16.0. The van der Waals surface area contributed by atoms with Crippen LogP contribution in [0.25, 0.3) is 0 Å². The smallest absolute Gasteiger partial charge is 0.00847 e. The van der Waals surface area contributed by atoms with E-state index in [1.807, 2.05) is 0 Å². The molecule has 0 aromatic rings. The average molecular weight is 321 g/mol. The Hall–Kier alpha value is -1.56. The first-order valence-electron chi connectivity index (χ1n) is 9.46. The monoisotopic (exact) mass is 320 g/mol. The van der Waals surface area contributed by atoms with E-state index >= 15 is 0 Å². The lowest BCUT2D eigenvalue weighted by Gasteiger charge is -2.34. The average Bonchev–Trinajstić information content (AvgIpc) is 3.00. The van der Waals surface area contributed by atoms with Crippen LogP contribution in [0.5, 0.6) is 0 Å². The van der Waals surface area contributed by atoms with Crippen LogP contribution in [-0.4, -0.2) is 0 Å². The van der Waals surface area contributed by atoms with Crippen molar-refractivity contribution in [3.63, 3.8) is 0 Å². The topological polar surface area (TPSA) is 0 Å². The molecule has 1 spiro atoms. The van der Waals surface area contributed by atoms with Crippen molar-refractivity contribution in [2.45, 2.75) is 53.9 Å². The van der Waals surface area contributed by atoms with Crippen molar-refractivity contribution in [3.8, 4) is 0 Å². The molecular formula is C24H32. The molecule has 0 aromatic carbocycles. The van der Waals surface area contributed by atoms with E-state index in [2.05, 4.69) is 83.7 Å². The van der Waals surface area contributed by atoms with E-state index < -0.39 is 0 Å². The highest BCUT2D eigenvalue weighted by Gasteiger charge is 2.74. The predicted molar refractivity (Wildman–Crippen MR) is 106 cm³/mol. The van der Waals surface area contributed by atoms with Gasteiger partial charge in [0.25, 0.3) is 0 Å². The lowest BCUT2D eigenvalue weighted by molar-refractivity contribution is 0.346. The Morgan fingerprint density at radius 1 is 1.38 bits per heavy atom. The fourth-order valence-corrected chi connectivity index (χ4v) is 5.66. The van der Waals surface area contributed by atoms with E-state index in [9.17, 15) is 0 Å². The Balaban J connectivity index is 2.10. The number of rotatable bonds is 4. The largest absolute Gasteiger partial charge is 0.0958 e. The van der Waals surface area contributed by atoms with Gasteiger partial charge in [0.1, 0.15) is 0 Å². The van der Waals surface area contributed by atoms with Crippen LogP contribution in [0.3, 0.4) is 0 Å². The second-order valence-electron chi connectivity index (χ2n) is 8.18. The molecule has 0 heterocycles. The summed E-state index contributed by atoms with van der Waals surface area (Å²) < 4.78 is 0. The summed E-state index contributed by atoms with van der Waals surface area (Å²) >= 11 is 0. The summed E-state index contributed by atoms with van der Waals surface area (Å²) in [5.74, 6) is 1.22. The molecule has 0 saturated heterocycles. The zero-order valence-electron chi connectivity index (χ0n) is 16.0. The summed E-state index contributed by atoms with van der Waals surface area (Å²) in [6.07, 6.45) is 20.2. The van der Waals surface area contributed by atoms with Gasteiger partial charge in [-0.05, 0) is 57.4 Å². The third-order valence-corrected chi connectivity index (χ3v) is 6.60. The van der Waals surface area contributed by atoms with Gasteiger partial charge in [0.15, 0.2) is 0 Å². The van der Waals surface area contributed by atoms with Crippen molar-refractivity contribution in [1.82, 2.24) is 0 Å². The van der Waals surface area contributed by atoms with Crippen LogP contribution in [0.4, 0.5) is 0 Å². The molecule has 0 nitrogen and oxygen atoms in total. The number of hydrogen-bond acceptors (Lipinski definition) is 0. The summed E-state index contributed by atoms with van der Waals surface area (Å²) in [7, 11) is 0. The highest BCUT2D eigenvalue weighted by atomic mass is 14.8.